The molecule has 0 radical (unpaired) electrons. The van der Waals surface area contributed by atoms with Crippen LogP contribution in [-0.4, -0.2) is 117 Å². The first-order chi connectivity index (χ1) is 22.9. The minimum Gasteiger partial charge on any atom is -0.481 e. The largest absolute Gasteiger partial charge is 0.481 e. The van der Waals surface area contributed by atoms with Crippen LogP contribution in [-0.2, 0) is 54.9 Å². The average Bonchev–Trinajstić information content (AvgIpc) is 3.62. The average molecular weight is 697 g/mol. The van der Waals surface area contributed by atoms with Crippen LogP contribution in [0.4, 0.5) is 4.79 Å². The fraction of sp³-hybridized carbons (Fsp3) is 0.552. The van der Waals surface area contributed by atoms with Crippen LogP contribution >= 0.6 is 0 Å². The number of hydrogen-bond acceptors (Lipinski definition) is 10. The highest BCUT2D eigenvalue weighted by molar-refractivity contribution is 5.84. The number of aliphatic carboxylic acids is 5. The van der Waals surface area contributed by atoms with E-state index >= 15 is 0 Å². The highest BCUT2D eigenvalue weighted by atomic mass is 16.4. The Balaban J connectivity index is 0.00000223. The lowest BCUT2D eigenvalue weighted by molar-refractivity contribution is -0.140. The first-order valence-corrected chi connectivity index (χ1v) is 15.1. The molecule has 20 heteroatoms. The summed E-state index contributed by atoms with van der Waals surface area (Å²) < 4.78 is 2.92. The lowest BCUT2D eigenvalue weighted by Gasteiger charge is -2.31. The first kappa shape index (κ1) is 41.5. The molecule has 0 spiro atoms. The molecule has 0 saturated heterocycles. The molecule has 0 aliphatic heterocycles. The number of hydrogen-bond donors (Lipinski definition) is 8. The molecular formula is C29H44N8O12. The van der Waals surface area contributed by atoms with Gasteiger partial charge in [0.2, 0.25) is 5.91 Å². The van der Waals surface area contributed by atoms with E-state index in [9.17, 15) is 48.9 Å². The number of imidazole rings is 2. The minimum absolute atomic E-state index is 0.0504. The maximum Gasteiger partial charge on any atom is 0.326 e. The molecule has 3 amide bonds. The molecule has 0 bridgehead atoms. The number of unbranched alkanes of at least 4 members (excludes halogenated alkanes) is 1. The van der Waals surface area contributed by atoms with Crippen molar-refractivity contribution in [2.45, 2.75) is 78.7 Å². The van der Waals surface area contributed by atoms with Crippen LogP contribution in [0.2, 0.25) is 0 Å². The second-order valence-electron chi connectivity index (χ2n) is 11.4. The van der Waals surface area contributed by atoms with Crippen LogP contribution in [0.1, 0.15) is 58.1 Å². The number of rotatable bonds is 21. The molecular weight excluding hydrogens is 652 g/mol. The Kier molecular flexibility index (Phi) is 17.5. The molecule has 0 aliphatic rings. The number of nitrogens with zero attached hydrogens (tertiary/aromatic N) is 5. The van der Waals surface area contributed by atoms with Gasteiger partial charge >= 0.3 is 35.9 Å². The van der Waals surface area contributed by atoms with Gasteiger partial charge in [0.05, 0.1) is 18.5 Å². The van der Waals surface area contributed by atoms with Crippen LogP contribution in [0, 0.1) is 5.41 Å². The molecule has 272 valence electrons. The van der Waals surface area contributed by atoms with Gasteiger partial charge in [-0.25, -0.2) is 19.6 Å². The molecule has 0 aromatic carbocycles. The summed E-state index contributed by atoms with van der Waals surface area (Å²) in [6, 6.07) is -2.16. The molecule has 2 aromatic heterocycles. The topological polar surface area (TPSA) is 296 Å². The van der Waals surface area contributed by atoms with E-state index in [1.807, 2.05) is 10.2 Å². The predicted molar refractivity (Wildman–Crippen MR) is 168 cm³/mol. The summed E-state index contributed by atoms with van der Waals surface area (Å²) in [6.07, 6.45) is 6.98. The normalized spacial score (nSPS) is 11.5. The Morgan fingerprint density at radius 3 is 1.73 bits per heavy atom. The van der Waals surface area contributed by atoms with Crippen molar-refractivity contribution in [3.05, 3.63) is 36.4 Å². The summed E-state index contributed by atoms with van der Waals surface area (Å²) in [5.74, 6) is -4.87. The zero-order valence-electron chi connectivity index (χ0n) is 27.5. The highest BCUT2D eigenvalue weighted by Crippen LogP contribution is 2.21. The van der Waals surface area contributed by atoms with E-state index in [-0.39, 0.29) is 58.0 Å². The smallest absolute Gasteiger partial charge is 0.326 e. The minimum atomic E-state index is -1.28. The van der Waals surface area contributed by atoms with Gasteiger partial charge in [-0.05, 0) is 33.1 Å². The summed E-state index contributed by atoms with van der Waals surface area (Å²) in [4.78, 5) is 89.1. The van der Waals surface area contributed by atoms with Gasteiger partial charge in [0.25, 0.3) is 0 Å². The van der Waals surface area contributed by atoms with Gasteiger partial charge in [0, 0.05) is 44.3 Å². The standard InChI is InChI=1S/C26H38N8O10.C3H6O2/c1-26(2,24(43)29-6-4-3-5-17(23(41)42)31-25(44)30-11-20(35)36)16-32(12-18-27-7-9-33(18)14-21(37)38)13-19-28-8-10-34(19)15-22(39)40;1-2-3(4)5/h7-10,17H,3-6,11-16H2,1-2H3,(H,29,43)(H,35,36)(H,37,38)(H,39,40)(H,41,42)(H2,30,31,44);2H2,1H3,(H,4,5). The third kappa shape index (κ3) is 16.7. The van der Waals surface area contributed by atoms with Crippen molar-refractivity contribution in [3.63, 3.8) is 0 Å². The highest BCUT2D eigenvalue weighted by Gasteiger charge is 2.31. The van der Waals surface area contributed by atoms with Gasteiger partial charge < -0.3 is 50.6 Å². The number of urea groups is 1. The van der Waals surface area contributed by atoms with Crippen LogP contribution in [0.15, 0.2) is 24.8 Å². The molecule has 1 unspecified atom stereocenters. The van der Waals surface area contributed by atoms with Gasteiger partial charge in [0.15, 0.2) is 0 Å². The molecule has 2 rings (SSSR count). The monoisotopic (exact) mass is 696 g/mol. The van der Waals surface area contributed by atoms with Gasteiger partial charge in [-0.1, -0.05) is 6.92 Å². The quantitative estimate of drug-likeness (QED) is 0.0789. The number of aromatic nitrogens is 4. The summed E-state index contributed by atoms with van der Waals surface area (Å²) in [6.45, 7) is 4.39. The molecule has 20 nitrogen and oxygen atoms in total. The third-order valence-corrected chi connectivity index (χ3v) is 6.69. The maximum atomic E-state index is 13.2. The van der Waals surface area contributed by atoms with E-state index in [2.05, 4.69) is 20.6 Å². The van der Waals surface area contributed by atoms with Gasteiger partial charge in [-0.2, -0.15) is 0 Å². The zero-order valence-corrected chi connectivity index (χ0v) is 27.5. The number of carbonyl (C=O) groups is 7. The SMILES string of the molecule is CC(C)(CN(Cc1nccn1CC(=O)O)Cc1nccn1CC(=O)O)C(=O)NCCCCC(NC(=O)NCC(=O)O)C(=O)O.CCC(=O)O. The first-order valence-electron chi connectivity index (χ1n) is 15.1. The van der Waals surface area contributed by atoms with E-state index < -0.39 is 53.9 Å². The van der Waals surface area contributed by atoms with Gasteiger partial charge in [0.1, 0.15) is 37.3 Å². The van der Waals surface area contributed by atoms with E-state index in [0.717, 1.165) is 0 Å². The predicted octanol–water partition coefficient (Wildman–Crippen LogP) is -0.118. The summed E-state index contributed by atoms with van der Waals surface area (Å²) in [5, 5.41) is 51.2. The van der Waals surface area contributed by atoms with Crippen molar-refractivity contribution in [3.8, 4) is 0 Å². The van der Waals surface area contributed by atoms with Crippen LogP contribution in [0.25, 0.3) is 0 Å². The lowest BCUT2D eigenvalue weighted by Crippen LogP contribution is -2.47. The number of carboxylic acids is 5. The summed E-state index contributed by atoms with van der Waals surface area (Å²) >= 11 is 0. The number of amides is 3. The van der Waals surface area contributed by atoms with E-state index in [1.54, 1.807) is 20.8 Å². The fourth-order valence-corrected chi connectivity index (χ4v) is 4.30. The molecule has 2 aromatic rings. The second kappa shape index (κ2) is 20.7. The van der Waals surface area contributed by atoms with E-state index in [0.29, 0.717) is 24.5 Å². The van der Waals surface area contributed by atoms with Crippen molar-refractivity contribution in [2.24, 2.45) is 5.41 Å². The molecule has 0 fully saturated rings. The maximum absolute atomic E-state index is 13.2. The zero-order chi connectivity index (χ0) is 37.1. The molecule has 8 N–H and O–H groups in total. The van der Waals surface area contributed by atoms with Crippen molar-refractivity contribution < 1.29 is 59.1 Å². The van der Waals surface area contributed by atoms with Crippen LogP contribution in [0.3, 0.4) is 0 Å². The van der Waals surface area contributed by atoms with Crippen LogP contribution in [0.5, 0.6) is 0 Å². The van der Waals surface area contributed by atoms with E-state index in [4.69, 9.17) is 10.2 Å². The lowest BCUT2D eigenvalue weighted by atomic mass is 9.91. The van der Waals surface area contributed by atoms with Crippen molar-refractivity contribution in [2.75, 3.05) is 19.6 Å². The Labute approximate surface area is 281 Å². The van der Waals surface area contributed by atoms with E-state index in [1.165, 1.54) is 33.9 Å². The molecule has 0 saturated carbocycles. The number of carbonyl (C=O) groups excluding carboxylic acids is 2. The summed E-state index contributed by atoms with van der Waals surface area (Å²) in [5.41, 5.74) is -0.984. The Hall–Kier alpha value is -5.53. The Bertz CT molecular complexity index is 1380. The van der Waals surface area contributed by atoms with Crippen molar-refractivity contribution >= 4 is 41.8 Å². The third-order valence-electron chi connectivity index (χ3n) is 6.69. The molecule has 1 atom stereocenters. The molecule has 2 heterocycles. The summed E-state index contributed by atoms with van der Waals surface area (Å²) in [7, 11) is 0. The van der Waals surface area contributed by atoms with Gasteiger partial charge in [-0.15, -0.1) is 0 Å². The Morgan fingerprint density at radius 1 is 0.796 bits per heavy atom. The van der Waals surface area contributed by atoms with Gasteiger partial charge in [-0.3, -0.25) is 28.9 Å². The number of carboxylic acid groups (broad SMARTS) is 5. The van der Waals surface area contributed by atoms with Crippen LogP contribution < -0.4 is 16.0 Å². The van der Waals surface area contributed by atoms with Crippen molar-refractivity contribution in [1.82, 2.24) is 40.0 Å². The fourth-order valence-electron chi connectivity index (χ4n) is 4.30. The van der Waals surface area contributed by atoms with Crippen molar-refractivity contribution in [1.29, 1.82) is 0 Å². The molecule has 0 aliphatic carbocycles. The number of nitrogens with one attached hydrogen (secondary N) is 3. The second-order valence-corrected chi connectivity index (χ2v) is 11.4. The molecule has 49 heavy (non-hydrogen) atoms. The Morgan fingerprint density at radius 2 is 1.31 bits per heavy atom.